The normalized spacial score (nSPS) is 13.3. The number of ether oxygens (including phenoxy) is 1. The minimum Gasteiger partial charge on any atom is -0.405 e. The summed E-state index contributed by atoms with van der Waals surface area (Å²) >= 11 is 0. The molecule has 0 atom stereocenters. The van der Waals surface area contributed by atoms with E-state index in [1.165, 1.54) is 18.2 Å². The van der Waals surface area contributed by atoms with Gasteiger partial charge in [0.25, 0.3) is 0 Å². The van der Waals surface area contributed by atoms with Gasteiger partial charge >= 0.3 is 6.36 Å². The van der Waals surface area contributed by atoms with Gasteiger partial charge in [0.05, 0.1) is 5.56 Å². The molecule has 2 heterocycles. The van der Waals surface area contributed by atoms with Crippen molar-refractivity contribution in [2.24, 2.45) is 0 Å². The number of para-hydroxylation sites is 2. The fraction of sp³-hybridized carbons (Fsp3) is 0.238. The van der Waals surface area contributed by atoms with Crippen LogP contribution in [0.5, 0.6) is 5.75 Å². The van der Waals surface area contributed by atoms with Crippen molar-refractivity contribution in [3.05, 3.63) is 60.2 Å². The maximum absolute atomic E-state index is 12.9. The number of hydrogen-bond acceptors (Lipinski definition) is 5. The standard InChI is InChI=1S/C21H19F3N4O/c1-27(2)19-16-12-13-28(14-8-4-3-5-9-14)20(16)26-18(25-19)15-10-6-7-11-17(15)29-21(22,23)24/h3-11H,12-13H2,1-2H3. The van der Waals surface area contributed by atoms with Crippen LogP contribution in [-0.4, -0.2) is 37.0 Å². The molecule has 2 aromatic carbocycles. The van der Waals surface area contributed by atoms with Crippen molar-refractivity contribution in [1.29, 1.82) is 0 Å². The minimum atomic E-state index is -4.80. The highest BCUT2D eigenvalue weighted by molar-refractivity contribution is 5.76. The summed E-state index contributed by atoms with van der Waals surface area (Å²) in [6.07, 6.45) is -4.05. The van der Waals surface area contributed by atoms with Gasteiger partial charge in [-0.1, -0.05) is 30.3 Å². The van der Waals surface area contributed by atoms with Crippen molar-refractivity contribution >= 4 is 17.3 Å². The van der Waals surface area contributed by atoms with Crippen molar-refractivity contribution < 1.29 is 17.9 Å². The van der Waals surface area contributed by atoms with E-state index in [1.54, 1.807) is 6.07 Å². The van der Waals surface area contributed by atoms with Gasteiger partial charge in [-0.2, -0.15) is 0 Å². The molecule has 29 heavy (non-hydrogen) atoms. The first-order chi connectivity index (χ1) is 13.8. The van der Waals surface area contributed by atoms with Gasteiger partial charge in [-0.25, -0.2) is 9.97 Å². The molecule has 0 fully saturated rings. The van der Waals surface area contributed by atoms with Crippen LogP contribution in [0.4, 0.5) is 30.5 Å². The molecule has 0 saturated carbocycles. The van der Waals surface area contributed by atoms with Crippen molar-refractivity contribution in [1.82, 2.24) is 9.97 Å². The number of halogens is 3. The van der Waals surface area contributed by atoms with Gasteiger partial charge in [0.15, 0.2) is 5.82 Å². The molecule has 0 aliphatic carbocycles. The summed E-state index contributed by atoms with van der Waals surface area (Å²) in [4.78, 5) is 13.1. The van der Waals surface area contributed by atoms with Gasteiger partial charge in [-0.05, 0) is 30.7 Å². The van der Waals surface area contributed by atoms with Crippen LogP contribution in [0.2, 0.25) is 0 Å². The average molecular weight is 400 g/mol. The predicted octanol–water partition coefficient (Wildman–Crippen LogP) is 4.80. The molecule has 0 saturated heterocycles. The fourth-order valence-electron chi connectivity index (χ4n) is 3.45. The lowest BCUT2D eigenvalue weighted by molar-refractivity contribution is -0.274. The molecule has 5 nitrogen and oxygen atoms in total. The summed E-state index contributed by atoms with van der Waals surface area (Å²) < 4.78 is 42.8. The molecule has 0 N–H and O–H groups in total. The third-order valence-electron chi connectivity index (χ3n) is 4.65. The van der Waals surface area contributed by atoms with Crippen LogP contribution < -0.4 is 14.5 Å². The Balaban J connectivity index is 1.86. The molecular weight excluding hydrogens is 381 g/mol. The van der Waals surface area contributed by atoms with Gasteiger partial charge in [0.1, 0.15) is 17.4 Å². The zero-order valence-electron chi connectivity index (χ0n) is 15.9. The lowest BCUT2D eigenvalue weighted by Gasteiger charge is -2.21. The van der Waals surface area contributed by atoms with Crippen LogP contribution >= 0.6 is 0 Å². The molecule has 1 aliphatic rings. The van der Waals surface area contributed by atoms with E-state index in [2.05, 4.69) is 19.6 Å². The summed E-state index contributed by atoms with van der Waals surface area (Å²) in [7, 11) is 3.71. The second-order valence-corrected chi connectivity index (χ2v) is 6.85. The molecule has 3 aromatic rings. The Morgan fingerprint density at radius 1 is 0.966 bits per heavy atom. The third kappa shape index (κ3) is 3.83. The number of anilines is 3. The fourth-order valence-corrected chi connectivity index (χ4v) is 3.45. The Labute approximate surface area is 166 Å². The van der Waals surface area contributed by atoms with E-state index in [4.69, 9.17) is 0 Å². The van der Waals surface area contributed by atoms with Gasteiger partial charge in [-0.3, -0.25) is 0 Å². The highest BCUT2D eigenvalue weighted by Crippen LogP contribution is 2.40. The van der Waals surface area contributed by atoms with E-state index in [1.807, 2.05) is 49.3 Å². The Kier molecular flexibility index (Phi) is 4.77. The molecule has 0 spiro atoms. The second kappa shape index (κ2) is 7.27. The van der Waals surface area contributed by atoms with Crippen LogP contribution in [0.25, 0.3) is 11.4 Å². The average Bonchev–Trinajstić information content (AvgIpc) is 3.11. The van der Waals surface area contributed by atoms with Crippen LogP contribution in [0, 0.1) is 0 Å². The van der Waals surface area contributed by atoms with Crippen molar-refractivity contribution in [2.75, 3.05) is 30.4 Å². The summed E-state index contributed by atoms with van der Waals surface area (Å²) in [6.45, 7) is 0.721. The maximum atomic E-state index is 12.9. The number of hydrogen-bond donors (Lipinski definition) is 0. The third-order valence-corrected chi connectivity index (χ3v) is 4.65. The van der Waals surface area contributed by atoms with E-state index in [9.17, 15) is 13.2 Å². The SMILES string of the molecule is CN(C)c1nc(-c2ccccc2OC(F)(F)F)nc2c1CCN2c1ccccc1. The molecule has 1 aromatic heterocycles. The molecule has 150 valence electrons. The Hall–Kier alpha value is -3.29. The lowest BCUT2D eigenvalue weighted by atomic mass is 10.1. The number of aromatic nitrogens is 2. The van der Waals surface area contributed by atoms with E-state index >= 15 is 0 Å². The largest absolute Gasteiger partial charge is 0.573 e. The molecule has 0 amide bonds. The van der Waals surface area contributed by atoms with Crippen LogP contribution in [0.3, 0.4) is 0 Å². The minimum absolute atomic E-state index is 0.190. The first-order valence-corrected chi connectivity index (χ1v) is 9.09. The van der Waals surface area contributed by atoms with Crippen LogP contribution in [0.15, 0.2) is 54.6 Å². The first kappa shape index (κ1) is 19.0. The summed E-state index contributed by atoms with van der Waals surface area (Å²) in [5.41, 5.74) is 2.13. The topological polar surface area (TPSA) is 41.5 Å². The number of alkyl halides is 3. The smallest absolute Gasteiger partial charge is 0.405 e. The van der Waals surface area contributed by atoms with Gasteiger partial charge < -0.3 is 14.5 Å². The molecule has 1 aliphatic heterocycles. The lowest BCUT2D eigenvalue weighted by Crippen LogP contribution is -2.18. The molecule has 0 bridgehead atoms. The number of fused-ring (bicyclic) bond motifs is 1. The van der Waals surface area contributed by atoms with Gasteiger partial charge in [-0.15, -0.1) is 13.2 Å². The molecule has 4 rings (SSSR count). The molecular formula is C21H19F3N4O. The highest BCUT2D eigenvalue weighted by Gasteiger charge is 2.33. The monoisotopic (exact) mass is 400 g/mol. The molecule has 0 unspecified atom stereocenters. The number of benzene rings is 2. The highest BCUT2D eigenvalue weighted by atomic mass is 19.4. The molecule has 8 heteroatoms. The van der Waals surface area contributed by atoms with Gasteiger partial charge in [0, 0.05) is 31.9 Å². The quantitative estimate of drug-likeness (QED) is 0.629. The zero-order valence-corrected chi connectivity index (χ0v) is 15.9. The van der Waals surface area contributed by atoms with Crippen molar-refractivity contribution in [2.45, 2.75) is 12.8 Å². The van der Waals surface area contributed by atoms with Crippen LogP contribution in [-0.2, 0) is 6.42 Å². The number of nitrogens with zero attached hydrogens (tertiary/aromatic N) is 4. The van der Waals surface area contributed by atoms with E-state index in [0.717, 1.165) is 24.2 Å². The summed E-state index contributed by atoms with van der Waals surface area (Å²) in [6, 6.07) is 15.7. The van der Waals surface area contributed by atoms with E-state index < -0.39 is 6.36 Å². The van der Waals surface area contributed by atoms with E-state index in [-0.39, 0.29) is 17.1 Å². The molecule has 0 radical (unpaired) electrons. The van der Waals surface area contributed by atoms with Crippen molar-refractivity contribution in [3.8, 4) is 17.1 Å². The van der Waals surface area contributed by atoms with Crippen LogP contribution in [0.1, 0.15) is 5.56 Å². The van der Waals surface area contributed by atoms with Gasteiger partial charge in [0.2, 0.25) is 0 Å². The summed E-state index contributed by atoms with van der Waals surface area (Å²) in [5, 5.41) is 0. The maximum Gasteiger partial charge on any atom is 0.573 e. The Morgan fingerprint density at radius 3 is 2.34 bits per heavy atom. The predicted molar refractivity (Wildman–Crippen MR) is 106 cm³/mol. The second-order valence-electron chi connectivity index (χ2n) is 6.85. The first-order valence-electron chi connectivity index (χ1n) is 9.09. The summed E-state index contributed by atoms with van der Waals surface area (Å²) in [5.74, 6) is 1.25. The Bertz CT molecular complexity index is 1020. The zero-order chi connectivity index (χ0) is 20.6. The van der Waals surface area contributed by atoms with Crippen molar-refractivity contribution in [3.63, 3.8) is 0 Å². The Morgan fingerprint density at radius 2 is 1.66 bits per heavy atom. The van der Waals surface area contributed by atoms with E-state index in [0.29, 0.717) is 11.6 Å². The number of rotatable bonds is 4.